The van der Waals surface area contributed by atoms with Crippen LogP contribution >= 0.6 is 12.6 Å². The number of nitrogens with two attached hydrogens (primary N) is 1. The van der Waals surface area contributed by atoms with E-state index in [1.165, 1.54) is 24.3 Å². The molecule has 2 rings (SSSR count). The molecule has 31 heavy (non-hydrogen) atoms. The van der Waals surface area contributed by atoms with Gasteiger partial charge in [-0.3, -0.25) is 14.4 Å². The molecular weight excluding hydrogens is 428 g/mol. The van der Waals surface area contributed by atoms with Gasteiger partial charge in [0.05, 0.1) is 18.5 Å². The monoisotopic (exact) mass is 456 g/mol. The Morgan fingerprint density at radius 1 is 1.35 bits per heavy atom. The van der Waals surface area contributed by atoms with Crippen LogP contribution < -0.4 is 16.4 Å². The number of aliphatic carboxylic acids is 1. The van der Waals surface area contributed by atoms with Crippen LogP contribution in [0.3, 0.4) is 0 Å². The number of aliphatic hydroxyl groups excluding tert-OH is 1. The van der Waals surface area contributed by atoms with E-state index in [4.69, 9.17) is 5.73 Å². The smallest absolute Gasteiger partial charge is 0.326 e. The molecule has 0 aromatic carbocycles. The highest BCUT2D eigenvalue weighted by Gasteiger charge is 2.39. The number of imidazole rings is 1. The molecule has 3 amide bonds. The molecule has 5 atom stereocenters. The number of nitrogens with one attached hydrogen (secondary N) is 3. The maximum absolute atomic E-state index is 13.1. The number of nitrogens with zero attached hydrogens (tertiary/aromatic N) is 2. The fraction of sp³-hybridized carbons (Fsp3) is 0.611. The van der Waals surface area contributed by atoms with E-state index in [0.717, 1.165) is 0 Å². The maximum Gasteiger partial charge on any atom is 0.326 e. The van der Waals surface area contributed by atoms with E-state index in [2.05, 4.69) is 33.2 Å². The molecule has 1 aliphatic rings. The van der Waals surface area contributed by atoms with Crippen LogP contribution in [0, 0.1) is 0 Å². The SMILES string of the molecule is CC(O)C(NC(=O)C(N)CS)C(=O)NC(Cc1cnc[nH]1)C(=O)N1CCCC1C(=O)O. The third-order valence-corrected chi connectivity index (χ3v) is 5.40. The summed E-state index contributed by atoms with van der Waals surface area (Å²) in [5.74, 6) is -3.15. The highest BCUT2D eigenvalue weighted by atomic mass is 32.1. The van der Waals surface area contributed by atoms with Crippen LogP contribution in [0.4, 0.5) is 0 Å². The van der Waals surface area contributed by atoms with E-state index in [9.17, 15) is 29.4 Å². The van der Waals surface area contributed by atoms with Crippen molar-refractivity contribution in [2.24, 2.45) is 5.73 Å². The number of H-pyrrole nitrogens is 1. The molecule has 0 bridgehead atoms. The Kier molecular flexibility index (Phi) is 8.83. The first-order chi connectivity index (χ1) is 14.6. The van der Waals surface area contributed by atoms with Gasteiger partial charge in [0.1, 0.15) is 18.1 Å². The zero-order chi connectivity index (χ0) is 23.1. The second-order valence-electron chi connectivity index (χ2n) is 7.39. The fourth-order valence-electron chi connectivity index (χ4n) is 3.31. The Balaban J connectivity index is 2.20. The summed E-state index contributed by atoms with van der Waals surface area (Å²) in [6, 6.07) is -4.47. The molecular formula is C18H28N6O6S. The van der Waals surface area contributed by atoms with Gasteiger partial charge in [-0.1, -0.05) is 0 Å². The van der Waals surface area contributed by atoms with E-state index >= 15 is 0 Å². The predicted octanol–water partition coefficient (Wildman–Crippen LogP) is -2.36. The molecule has 1 fully saturated rings. The molecule has 5 unspecified atom stereocenters. The van der Waals surface area contributed by atoms with Crippen LogP contribution in [0.5, 0.6) is 0 Å². The van der Waals surface area contributed by atoms with E-state index in [1.54, 1.807) is 0 Å². The van der Waals surface area contributed by atoms with Crippen molar-refractivity contribution in [3.05, 3.63) is 18.2 Å². The average Bonchev–Trinajstić information content (AvgIpc) is 3.41. The van der Waals surface area contributed by atoms with E-state index in [-0.39, 0.29) is 18.7 Å². The molecule has 13 heteroatoms. The van der Waals surface area contributed by atoms with Crippen molar-refractivity contribution in [3.8, 4) is 0 Å². The lowest BCUT2D eigenvalue weighted by Gasteiger charge is -2.29. The van der Waals surface area contributed by atoms with Crippen LogP contribution in [0.25, 0.3) is 0 Å². The number of hydrogen-bond donors (Lipinski definition) is 7. The Hall–Kier alpha value is -2.64. The lowest BCUT2D eigenvalue weighted by molar-refractivity contribution is -0.149. The number of likely N-dealkylation sites (tertiary alicyclic amines) is 1. The van der Waals surface area contributed by atoms with E-state index in [0.29, 0.717) is 18.5 Å². The molecule has 2 heterocycles. The largest absolute Gasteiger partial charge is 0.480 e. The minimum absolute atomic E-state index is 0.0179. The maximum atomic E-state index is 13.1. The third kappa shape index (κ3) is 6.42. The standard InChI is InChI=1S/C18H28N6O6S/c1-9(25)14(23-15(26)11(19)7-31)16(27)22-12(5-10-6-20-8-21-10)17(28)24-4-2-3-13(24)18(29)30/h6,8-9,11-14,25,31H,2-5,7,19H2,1H3,(H,20,21)(H,22,27)(H,23,26)(H,29,30). The van der Waals surface area contributed by atoms with E-state index in [1.807, 2.05) is 0 Å². The van der Waals surface area contributed by atoms with Crippen molar-refractivity contribution in [1.82, 2.24) is 25.5 Å². The zero-order valence-electron chi connectivity index (χ0n) is 17.0. The van der Waals surface area contributed by atoms with Crippen molar-refractivity contribution in [1.29, 1.82) is 0 Å². The first kappa shape index (κ1) is 24.6. The molecule has 1 aliphatic heterocycles. The number of aromatic nitrogens is 2. The highest BCUT2D eigenvalue weighted by molar-refractivity contribution is 7.80. The molecule has 1 aromatic rings. The number of carboxylic acid groups (broad SMARTS) is 1. The van der Waals surface area contributed by atoms with Crippen LogP contribution in [0.2, 0.25) is 0 Å². The van der Waals surface area contributed by atoms with Crippen molar-refractivity contribution in [3.63, 3.8) is 0 Å². The molecule has 0 aliphatic carbocycles. The molecule has 0 saturated carbocycles. The number of carboxylic acids is 1. The van der Waals surface area contributed by atoms with Gasteiger partial charge in [-0.05, 0) is 19.8 Å². The van der Waals surface area contributed by atoms with Gasteiger partial charge in [-0.25, -0.2) is 9.78 Å². The second kappa shape index (κ2) is 11.1. The zero-order valence-corrected chi connectivity index (χ0v) is 17.9. The molecule has 0 radical (unpaired) electrons. The number of rotatable bonds is 10. The van der Waals surface area contributed by atoms with E-state index < -0.39 is 54.0 Å². The predicted molar refractivity (Wildman–Crippen MR) is 112 cm³/mol. The number of carbonyl (C=O) groups is 4. The van der Waals surface area contributed by atoms with Gasteiger partial charge in [0, 0.05) is 30.6 Å². The molecule has 172 valence electrons. The number of amides is 3. The summed E-state index contributed by atoms with van der Waals surface area (Å²) >= 11 is 3.93. The summed E-state index contributed by atoms with van der Waals surface area (Å²) in [6.07, 6.45) is 2.47. The highest BCUT2D eigenvalue weighted by Crippen LogP contribution is 2.19. The summed E-state index contributed by atoms with van der Waals surface area (Å²) in [7, 11) is 0. The summed E-state index contributed by atoms with van der Waals surface area (Å²) < 4.78 is 0. The molecule has 1 saturated heterocycles. The minimum Gasteiger partial charge on any atom is -0.480 e. The van der Waals surface area contributed by atoms with Crippen LogP contribution in [0.15, 0.2) is 12.5 Å². The van der Waals surface area contributed by atoms with Gasteiger partial charge in [0.25, 0.3) is 0 Å². The number of thiol groups is 1. The van der Waals surface area contributed by atoms with Crippen LogP contribution in [-0.4, -0.2) is 91.3 Å². The average molecular weight is 457 g/mol. The Morgan fingerprint density at radius 2 is 2.06 bits per heavy atom. The summed E-state index contributed by atoms with van der Waals surface area (Å²) in [5.41, 5.74) is 6.14. The number of aliphatic hydroxyl groups is 1. The van der Waals surface area contributed by atoms with Crippen molar-refractivity contribution < 1.29 is 29.4 Å². The van der Waals surface area contributed by atoms with Gasteiger partial charge < -0.3 is 36.5 Å². The van der Waals surface area contributed by atoms with Crippen LogP contribution in [-0.2, 0) is 25.6 Å². The van der Waals surface area contributed by atoms with Crippen molar-refractivity contribution >= 4 is 36.3 Å². The lowest BCUT2D eigenvalue weighted by Crippen LogP contribution is -2.60. The Morgan fingerprint density at radius 3 is 2.61 bits per heavy atom. The molecule has 0 spiro atoms. The first-order valence-electron chi connectivity index (χ1n) is 9.81. The molecule has 12 nitrogen and oxygen atoms in total. The normalized spacial score (nSPS) is 19.9. The first-order valence-corrected chi connectivity index (χ1v) is 10.4. The summed E-state index contributed by atoms with van der Waals surface area (Å²) in [4.78, 5) is 57.5. The van der Waals surface area contributed by atoms with Gasteiger partial charge in [0.2, 0.25) is 17.7 Å². The van der Waals surface area contributed by atoms with Gasteiger partial charge >= 0.3 is 5.97 Å². The lowest BCUT2D eigenvalue weighted by atomic mass is 10.1. The van der Waals surface area contributed by atoms with Gasteiger partial charge in [-0.2, -0.15) is 12.6 Å². The minimum atomic E-state index is -1.37. The fourth-order valence-corrected chi connectivity index (χ4v) is 3.48. The second-order valence-corrected chi connectivity index (χ2v) is 7.75. The Bertz CT molecular complexity index is 789. The summed E-state index contributed by atoms with van der Waals surface area (Å²) in [6.45, 7) is 1.56. The van der Waals surface area contributed by atoms with Crippen molar-refractivity contribution in [2.45, 2.75) is 56.5 Å². The number of carbonyl (C=O) groups excluding carboxylic acids is 3. The molecule has 7 N–H and O–H groups in total. The van der Waals surface area contributed by atoms with Crippen molar-refractivity contribution in [2.75, 3.05) is 12.3 Å². The van der Waals surface area contributed by atoms with Gasteiger partial charge in [0.15, 0.2) is 0 Å². The topological polar surface area (TPSA) is 191 Å². The van der Waals surface area contributed by atoms with Crippen LogP contribution in [0.1, 0.15) is 25.5 Å². The van der Waals surface area contributed by atoms with Gasteiger partial charge in [-0.15, -0.1) is 0 Å². The third-order valence-electron chi connectivity index (χ3n) is 5.01. The number of hydrogen-bond acceptors (Lipinski definition) is 8. The quantitative estimate of drug-likeness (QED) is 0.190. The Labute approximate surface area is 184 Å². The summed E-state index contributed by atoms with van der Waals surface area (Å²) in [5, 5.41) is 24.3. The molecule has 1 aromatic heterocycles. The number of aromatic amines is 1.